The van der Waals surface area contributed by atoms with Crippen molar-refractivity contribution in [3.63, 3.8) is 0 Å². The van der Waals surface area contributed by atoms with Crippen molar-refractivity contribution in [2.45, 2.75) is 12.6 Å². The molecule has 1 saturated heterocycles. The second-order valence-electron chi connectivity index (χ2n) is 4.48. The van der Waals surface area contributed by atoms with Crippen LogP contribution in [-0.4, -0.2) is 29.6 Å². The molecule has 3 nitrogen and oxygen atoms in total. The quantitative estimate of drug-likeness (QED) is 0.848. The molecule has 0 bridgehead atoms. The molecule has 0 spiro atoms. The molecule has 3 heterocycles. The molecule has 0 aliphatic carbocycles. The summed E-state index contributed by atoms with van der Waals surface area (Å²) in [5.74, 6) is 0. The highest BCUT2D eigenvalue weighted by atomic mass is 32.1. The predicted molar refractivity (Wildman–Crippen MR) is 72.5 cm³/mol. The van der Waals surface area contributed by atoms with Crippen LogP contribution in [0.25, 0.3) is 0 Å². The highest BCUT2D eigenvalue weighted by molar-refractivity contribution is 7.07. The Morgan fingerprint density at radius 3 is 3.17 bits per heavy atom. The largest absolute Gasteiger partial charge is 0.369 e. The first-order valence-electron chi connectivity index (χ1n) is 6.18. The first-order chi connectivity index (χ1) is 8.92. The second kappa shape index (κ2) is 5.61. The molecule has 94 valence electrons. The van der Waals surface area contributed by atoms with Gasteiger partial charge in [0, 0.05) is 25.8 Å². The second-order valence-corrected chi connectivity index (χ2v) is 5.26. The minimum absolute atomic E-state index is 0.110. The number of morpholine rings is 1. The summed E-state index contributed by atoms with van der Waals surface area (Å²) in [6.45, 7) is 3.72. The molecule has 1 aliphatic heterocycles. The lowest BCUT2D eigenvalue weighted by molar-refractivity contribution is -0.0349. The van der Waals surface area contributed by atoms with Gasteiger partial charge in [0.1, 0.15) is 6.10 Å². The Labute approximate surface area is 111 Å². The Bertz CT molecular complexity index is 472. The lowest BCUT2D eigenvalue weighted by atomic mass is 10.1. The maximum Gasteiger partial charge on any atom is 0.112 e. The van der Waals surface area contributed by atoms with Crippen LogP contribution < -0.4 is 0 Å². The number of hydrogen-bond acceptors (Lipinski definition) is 4. The van der Waals surface area contributed by atoms with E-state index in [1.807, 2.05) is 24.4 Å². The Morgan fingerprint density at radius 2 is 2.39 bits per heavy atom. The van der Waals surface area contributed by atoms with Crippen molar-refractivity contribution < 1.29 is 4.74 Å². The maximum atomic E-state index is 5.81. The van der Waals surface area contributed by atoms with E-state index in [1.165, 1.54) is 5.56 Å². The van der Waals surface area contributed by atoms with E-state index in [-0.39, 0.29) is 6.10 Å². The van der Waals surface area contributed by atoms with E-state index >= 15 is 0 Å². The van der Waals surface area contributed by atoms with Crippen LogP contribution in [0.5, 0.6) is 0 Å². The summed E-state index contributed by atoms with van der Waals surface area (Å²) in [5, 5.41) is 4.34. The fraction of sp³-hybridized carbons (Fsp3) is 0.357. The van der Waals surface area contributed by atoms with Crippen molar-refractivity contribution in [3.8, 4) is 0 Å². The zero-order valence-corrected chi connectivity index (χ0v) is 11.0. The summed E-state index contributed by atoms with van der Waals surface area (Å²) in [6.07, 6.45) is 1.94. The van der Waals surface area contributed by atoms with Crippen molar-refractivity contribution >= 4 is 11.3 Å². The molecular weight excluding hydrogens is 244 g/mol. The first-order valence-corrected chi connectivity index (χ1v) is 7.12. The standard InChI is InChI=1S/C14H16N2OS/c1-2-5-15-13(3-1)14-10-16(6-7-17-14)9-12-4-8-18-11-12/h1-5,8,11,14H,6-7,9-10H2/t14-/m0/s1. The smallest absolute Gasteiger partial charge is 0.112 e. The van der Waals surface area contributed by atoms with Gasteiger partial charge in [-0.05, 0) is 34.5 Å². The summed E-state index contributed by atoms with van der Waals surface area (Å²) in [4.78, 5) is 6.82. The highest BCUT2D eigenvalue weighted by Gasteiger charge is 2.22. The van der Waals surface area contributed by atoms with Crippen LogP contribution in [0, 0.1) is 0 Å². The molecule has 0 radical (unpaired) electrons. The van der Waals surface area contributed by atoms with E-state index in [0.717, 1.165) is 31.9 Å². The molecule has 1 atom stereocenters. The lowest BCUT2D eigenvalue weighted by Gasteiger charge is -2.32. The highest BCUT2D eigenvalue weighted by Crippen LogP contribution is 2.21. The summed E-state index contributed by atoms with van der Waals surface area (Å²) in [7, 11) is 0. The van der Waals surface area contributed by atoms with Gasteiger partial charge in [-0.3, -0.25) is 9.88 Å². The van der Waals surface area contributed by atoms with Gasteiger partial charge >= 0.3 is 0 Å². The molecule has 2 aromatic rings. The van der Waals surface area contributed by atoms with Gasteiger partial charge in [0.2, 0.25) is 0 Å². The molecule has 0 aromatic carbocycles. The van der Waals surface area contributed by atoms with Gasteiger partial charge in [0.25, 0.3) is 0 Å². The van der Waals surface area contributed by atoms with Crippen LogP contribution in [0.4, 0.5) is 0 Å². The van der Waals surface area contributed by atoms with E-state index in [1.54, 1.807) is 11.3 Å². The van der Waals surface area contributed by atoms with Gasteiger partial charge in [-0.15, -0.1) is 0 Å². The average Bonchev–Trinajstić information content (AvgIpc) is 2.93. The lowest BCUT2D eigenvalue weighted by Crippen LogP contribution is -2.37. The van der Waals surface area contributed by atoms with Crippen molar-refractivity contribution in [1.29, 1.82) is 0 Å². The number of rotatable bonds is 3. The van der Waals surface area contributed by atoms with E-state index in [2.05, 4.69) is 26.7 Å². The fourth-order valence-corrected chi connectivity index (χ4v) is 2.89. The molecular formula is C14H16N2OS. The first kappa shape index (κ1) is 11.8. The number of aromatic nitrogens is 1. The van der Waals surface area contributed by atoms with Gasteiger partial charge in [-0.1, -0.05) is 6.07 Å². The minimum Gasteiger partial charge on any atom is -0.369 e. The molecule has 0 unspecified atom stereocenters. The van der Waals surface area contributed by atoms with E-state index in [9.17, 15) is 0 Å². The molecule has 1 aliphatic rings. The third-order valence-electron chi connectivity index (χ3n) is 3.15. The van der Waals surface area contributed by atoms with Gasteiger partial charge in [0.05, 0.1) is 12.3 Å². The van der Waals surface area contributed by atoms with Gasteiger partial charge in [-0.25, -0.2) is 0 Å². The minimum atomic E-state index is 0.110. The van der Waals surface area contributed by atoms with Gasteiger partial charge < -0.3 is 4.74 Å². The predicted octanol–water partition coefficient (Wildman–Crippen LogP) is 2.72. The van der Waals surface area contributed by atoms with Crippen LogP contribution >= 0.6 is 11.3 Å². The van der Waals surface area contributed by atoms with Crippen LogP contribution in [0.15, 0.2) is 41.2 Å². The van der Waals surface area contributed by atoms with Gasteiger partial charge in [-0.2, -0.15) is 11.3 Å². The molecule has 1 fully saturated rings. The number of pyridine rings is 1. The third-order valence-corrected chi connectivity index (χ3v) is 3.89. The topological polar surface area (TPSA) is 25.4 Å². The molecule has 4 heteroatoms. The SMILES string of the molecule is c1ccc([C@@H]2CN(Cc3ccsc3)CCO2)nc1. The van der Waals surface area contributed by atoms with E-state index in [0.29, 0.717) is 0 Å². The Morgan fingerprint density at radius 1 is 1.39 bits per heavy atom. The fourth-order valence-electron chi connectivity index (χ4n) is 2.23. The normalized spacial score (nSPS) is 21.0. The molecule has 2 aromatic heterocycles. The summed E-state index contributed by atoms with van der Waals surface area (Å²) < 4.78 is 5.81. The maximum absolute atomic E-state index is 5.81. The summed E-state index contributed by atoms with van der Waals surface area (Å²) in [6, 6.07) is 8.19. The van der Waals surface area contributed by atoms with Crippen LogP contribution in [-0.2, 0) is 11.3 Å². The molecule has 18 heavy (non-hydrogen) atoms. The van der Waals surface area contributed by atoms with Crippen molar-refractivity contribution in [2.75, 3.05) is 19.7 Å². The number of hydrogen-bond donors (Lipinski definition) is 0. The van der Waals surface area contributed by atoms with Gasteiger partial charge in [0.15, 0.2) is 0 Å². The van der Waals surface area contributed by atoms with Crippen molar-refractivity contribution in [2.24, 2.45) is 0 Å². The van der Waals surface area contributed by atoms with Crippen molar-refractivity contribution in [1.82, 2.24) is 9.88 Å². The zero-order chi connectivity index (χ0) is 12.2. The van der Waals surface area contributed by atoms with Crippen LogP contribution in [0.2, 0.25) is 0 Å². The molecule has 0 saturated carbocycles. The van der Waals surface area contributed by atoms with E-state index in [4.69, 9.17) is 4.74 Å². The molecule has 0 N–H and O–H groups in total. The monoisotopic (exact) mass is 260 g/mol. The number of thiophene rings is 1. The Balaban J connectivity index is 1.65. The number of nitrogens with zero attached hydrogens (tertiary/aromatic N) is 2. The Hall–Kier alpha value is -1.23. The third kappa shape index (κ3) is 2.77. The molecule has 0 amide bonds. The summed E-state index contributed by atoms with van der Waals surface area (Å²) in [5.41, 5.74) is 2.43. The molecule has 3 rings (SSSR count). The van der Waals surface area contributed by atoms with Crippen LogP contribution in [0.3, 0.4) is 0 Å². The zero-order valence-electron chi connectivity index (χ0n) is 10.2. The van der Waals surface area contributed by atoms with Crippen molar-refractivity contribution in [3.05, 3.63) is 52.5 Å². The van der Waals surface area contributed by atoms with Crippen LogP contribution in [0.1, 0.15) is 17.4 Å². The van der Waals surface area contributed by atoms with E-state index < -0.39 is 0 Å². The Kier molecular flexibility index (Phi) is 3.69. The number of ether oxygens (including phenoxy) is 1. The summed E-state index contributed by atoms with van der Waals surface area (Å²) >= 11 is 1.76. The average molecular weight is 260 g/mol.